The molecule has 0 aliphatic carbocycles. The van der Waals surface area contributed by atoms with E-state index in [0.717, 1.165) is 5.56 Å². The first kappa shape index (κ1) is 22.7. The van der Waals surface area contributed by atoms with Crippen LogP contribution in [0.2, 0.25) is 0 Å². The van der Waals surface area contributed by atoms with E-state index in [1.165, 1.54) is 7.11 Å². The lowest BCUT2D eigenvalue weighted by molar-refractivity contribution is 0.0508. The van der Waals surface area contributed by atoms with E-state index in [-0.39, 0.29) is 31.9 Å². The molecule has 0 heterocycles. The molecule has 2 atom stereocenters. The molecule has 0 saturated carbocycles. The Balaban J connectivity index is 2.38. The summed E-state index contributed by atoms with van der Waals surface area (Å²) in [4.78, 5) is 0. The fourth-order valence-electron chi connectivity index (χ4n) is 3.39. The highest BCUT2D eigenvalue weighted by Crippen LogP contribution is 2.45. The quantitative estimate of drug-likeness (QED) is 0.413. The molecule has 0 aromatic heterocycles. The molecular weight excluding hydrogens is 372 g/mol. The monoisotopic (exact) mass is 402 g/mol. The number of hydrogen-bond acceptors (Lipinski definition) is 6. The van der Waals surface area contributed by atoms with Crippen molar-refractivity contribution in [3.05, 3.63) is 66.2 Å². The van der Waals surface area contributed by atoms with Crippen LogP contribution in [0.4, 0.5) is 0 Å². The summed E-state index contributed by atoms with van der Waals surface area (Å²) in [5.41, 5.74) is 0.988. The summed E-state index contributed by atoms with van der Waals surface area (Å²) in [6, 6.07) is 12.7. The molecule has 2 aromatic carbocycles. The van der Waals surface area contributed by atoms with Gasteiger partial charge in [-0.1, -0.05) is 31.2 Å². The Morgan fingerprint density at radius 3 is 2.10 bits per heavy atom. The number of allylic oxidation sites excluding steroid dienone is 1. The molecule has 0 saturated heterocycles. The largest absolute Gasteiger partial charge is 0.508 e. The number of aliphatic hydroxyl groups excluding tert-OH is 1. The third-order valence-corrected chi connectivity index (χ3v) is 5.08. The molecule has 0 amide bonds. The second-order valence-corrected chi connectivity index (χ2v) is 7.00. The maximum absolute atomic E-state index is 10.7. The maximum atomic E-state index is 10.7. The van der Waals surface area contributed by atoms with Crippen LogP contribution in [0.3, 0.4) is 0 Å². The molecule has 0 spiro atoms. The summed E-state index contributed by atoms with van der Waals surface area (Å²) in [5.74, 6) is 1.09. The van der Waals surface area contributed by atoms with Crippen LogP contribution in [-0.4, -0.2) is 44.6 Å². The van der Waals surface area contributed by atoms with Gasteiger partial charge in [0.15, 0.2) is 13.6 Å². The Kier molecular flexibility index (Phi) is 8.51. The van der Waals surface area contributed by atoms with Crippen LogP contribution >= 0.6 is 0 Å². The number of aromatic hydroxyl groups is 1. The number of phenols is 1. The summed E-state index contributed by atoms with van der Waals surface area (Å²) >= 11 is 0. The van der Waals surface area contributed by atoms with E-state index in [4.69, 9.17) is 18.9 Å². The van der Waals surface area contributed by atoms with Crippen LogP contribution in [0.1, 0.15) is 30.4 Å². The lowest BCUT2D eigenvalue weighted by Gasteiger charge is -2.37. The van der Waals surface area contributed by atoms with Gasteiger partial charge < -0.3 is 29.2 Å². The molecule has 6 heteroatoms. The van der Waals surface area contributed by atoms with Crippen molar-refractivity contribution in [2.45, 2.75) is 24.7 Å². The average molecular weight is 402 g/mol. The topological polar surface area (TPSA) is 77.4 Å². The number of hydrogen-bond donors (Lipinski definition) is 2. The van der Waals surface area contributed by atoms with Crippen molar-refractivity contribution in [2.24, 2.45) is 0 Å². The fourth-order valence-corrected chi connectivity index (χ4v) is 3.39. The Hall–Kier alpha value is -2.54. The number of ether oxygens (including phenoxy) is 4. The molecule has 0 aliphatic rings. The van der Waals surface area contributed by atoms with Crippen molar-refractivity contribution in [3.63, 3.8) is 0 Å². The van der Waals surface area contributed by atoms with Crippen molar-refractivity contribution < 1.29 is 29.2 Å². The van der Waals surface area contributed by atoms with Crippen LogP contribution in [0.15, 0.2) is 55.1 Å². The smallest absolute Gasteiger partial charge is 0.188 e. The van der Waals surface area contributed by atoms with E-state index in [1.54, 1.807) is 25.3 Å². The first-order valence-electron chi connectivity index (χ1n) is 9.38. The van der Waals surface area contributed by atoms with Crippen LogP contribution in [-0.2, 0) is 14.9 Å². The lowest BCUT2D eigenvalue weighted by atomic mass is 9.68. The molecule has 2 N–H and O–H groups in total. The zero-order chi connectivity index (χ0) is 21.3. The highest BCUT2D eigenvalue weighted by atomic mass is 16.7. The molecule has 0 fully saturated rings. The second-order valence-electron chi connectivity index (χ2n) is 7.00. The average Bonchev–Trinajstić information content (AvgIpc) is 2.75. The van der Waals surface area contributed by atoms with Gasteiger partial charge in [0.05, 0.1) is 6.61 Å². The third kappa shape index (κ3) is 5.50. The lowest BCUT2D eigenvalue weighted by Crippen LogP contribution is -2.34. The van der Waals surface area contributed by atoms with Crippen molar-refractivity contribution in [2.75, 3.05) is 34.4 Å². The molecule has 0 aliphatic heterocycles. The predicted molar refractivity (Wildman–Crippen MR) is 112 cm³/mol. The Labute approximate surface area is 172 Å². The summed E-state index contributed by atoms with van der Waals surface area (Å²) in [6.07, 6.45) is 2.37. The number of rotatable bonds is 12. The van der Waals surface area contributed by atoms with Gasteiger partial charge in [-0.3, -0.25) is 0 Å². The summed E-state index contributed by atoms with van der Waals surface area (Å²) in [7, 11) is 3.10. The third-order valence-electron chi connectivity index (χ3n) is 5.08. The van der Waals surface area contributed by atoms with E-state index < -0.39 is 5.41 Å². The molecule has 0 bridgehead atoms. The van der Waals surface area contributed by atoms with Gasteiger partial charge in [-0.05, 0) is 35.7 Å². The SMILES string of the molecule is C=CCC(c1ccc(OCOC)cc1O)[C@@](C)(CO)c1ccc(OCOC)cc1. The molecule has 29 heavy (non-hydrogen) atoms. The Bertz CT molecular complexity index is 773. The van der Waals surface area contributed by atoms with Crippen molar-refractivity contribution in [3.8, 4) is 17.2 Å². The van der Waals surface area contributed by atoms with E-state index >= 15 is 0 Å². The zero-order valence-corrected chi connectivity index (χ0v) is 17.3. The van der Waals surface area contributed by atoms with Crippen molar-refractivity contribution in [1.29, 1.82) is 0 Å². The second kappa shape index (κ2) is 10.9. The summed E-state index contributed by atoms with van der Waals surface area (Å²) < 4.78 is 20.7. The standard InChI is InChI=1S/C23H30O6/c1-5-6-21(20-12-11-19(13-22(20)25)29-16-27-4)23(2,14-24)17-7-9-18(10-8-17)28-15-26-3/h5,7-13,21,24-25H,1,6,14-16H2,2-4H3/t21?,23-/m0/s1. The minimum absolute atomic E-state index is 0.0979. The summed E-state index contributed by atoms with van der Waals surface area (Å²) in [6.45, 7) is 6.00. The molecule has 2 rings (SSSR count). The molecular formula is C23H30O6. The van der Waals surface area contributed by atoms with E-state index in [1.807, 2.05) is 37.3 Å². The number of aliphatic hydroxyl groups is 1. The molecule has 0 radical (unpaired) electrons. The van der Waals surface area contributed by atoms with Gasteiger partial charge in [0.25, 0.3) is 0 Å². The van der Waals surface area contributed by atoms with Crippen LogP contribution in [0.5, 0.6) is 17.2 Å². The van der Waals surface area contributed by atoms with Gasteiger partial charge in [-0.15, -0.1) is 6.58 Å². The number of methoxy groups -OCH3 is 2. The van der Waals surface area contributed by atoms with Gasteiger partial charge in [-0.2, -0.15) is 0 Å². The number of phenolic OH excluding ortho intramolecular Hbond substituents is 1. The molecule has 1 unspecified atom stereocenters. The van der Waals surface area contributed by atoms with Gasteiger partial charge in [0.2, 0.25) is 0 Å². The fraction of sp³-hybridized carbons (Fsp3) is 0.391. The molecule has 6 nitrogen and oxygen atoms in total. The Morgan fingerprint density at radius 1 is 1.00 bits per heavy atom. The highest BCUT2D eigenvalue weighted by molar-refractivity contribution is 5.46. The first-order valence-corrected chi connectivity index (χ1v) is 9.38. The minimum atomic E-state index is -0.652. The van der Waals surface area contributed by atoms with E-state index in [2.05, 4.69) is 6.58 Å². The highest BCUT2D eigenvalue weighted by Gasteiger charge is 2.37. The summed E-state index contributed by atoms with van der Waals surface area (Å²) in [5, 5.41) is 21.0. The van der Waals surface area contributed by atoms with Crippen molar-refractivity contribution >= 4 is 0 Å². The first-order chi connectivity index (χ1) is 14.0. The van der Waals surface area contributed by atoms with Crippen molar-refractivity contribution in [1.82, 2.24) is 0 Å². The van der Waals surface area contributed by atoms with Crippen LogP contribution < -0.4 is 9.47 Å². The van der Waals surface area contributed by atoms with Gasteiger partial charge >= 0.3 is 0 Å². The zero-order valence-electron chi connectivity index (χ0n) is 17.3. The maximum Gasteiger partial charge on any atom is 0.188 e. The van der Waals surface area contributed by atoms with Gasteiger partial charge in [0, 0.05) is 31.6 Å². The van der Waals surface area contributed by atoms with Gasteiger partial charge in [-0.25, -0.2) is 0 Å². The van der Waals surface area contributed by atoms with Crippen LogP contribution in [0.25, 0.3) is 0 Å². The van der Waals surface area contributed by atoms with Crippen LogP contribution in [0, 0.1) is 0 Å². The Morgan fingerprint density at radius 2 is 1.59 bits per heavy atom. The molecule has 2 aromatic rings. The van der Waals surface area contributed by atoms with E-state index in [9.17, 15) is 10.2 Å². The molecule has 158 valence electrons. The normalized spacial score (nSPS) is 14.1. The number of benzene rings is 2. The van der Waals surface area contributed by atoms with E-state index in [0.29, 0.717) is 23.5 Å². The predicted octanol–water partition coefficient (Wildman–Crippen LogP) is 3.97. The minimum Gasteiger partial charge on any atom is -0.508 e. The van der Waals surface area contributed by atoms with Gasteiger partial charge in [0.1, 0.15) is 17.2 Å².